The number of anilines is 1. The van der Waals surface area contributed by atoms with E-state index in [1.807, 2.05) is 43.1 Å². The van der Waals surface area contributed by atoms with Crippen LogP contribution >= 0.6 is 0 Å². The van der Waals surface area contributed by atoms with Gasteiger partial charge in [0.15, 0.2) is 0 Å². The van der Waals surface area contributed by atoms with E-state index in [9.17, 15) is 4.79 Å². The van der Waals surface area contributed by atoms with Crippen LogP contribution in [0, 0.1) is 5.92 Å². The van der Waals surface area contributed by atoms with Crippen LogP contribution in [0.2, 0.25) is 0 Å². The molecule has 4 rings (SSSR count). The first-order valence-corrected chi connectivity index (χ1v) is 11.1. The number of piperazine rings is 1. The molecule has 9 heteroatoms. The third-order valence-corrected chi connectivity index (χ3v) is 5.93. The molecule has 1 unspecified atom stereocenters. The van der Waals surface area contributed by atoms with Gasteiger partial charge in [-0.25, -0.2) is 4.98 Å². The van der Waals surface area contributed by atoms with E-state index in [2.05, 4.69) is 45.6 Å². The van der Waals surface area contributed by atoms with Crippen LogP contribution in [-0.4, -0.2) is 68.2 Å². The fourth-order valence-corrected chi connectivity index (χ4v) is 4.13. The van der Waals surface area contributed by atoms with Gasteiger partial charge in [-0.2, -0.15) is 10.2 Å². The molecule has 0 spiro atoms. The number of carbonyl (C=O) groups is 1. The van der Waals surface area contributed by atoms with E-state index >= 15 is 0 Å². The molecule has 172 valence electrons. The summed E-state index contributed by atoms with van der Waals surface area (Å²) in [6.45, 7) is 11.7. The number of likely N-dealkylation sites (N-methyl/N-ethyl adjacent to an activating group) is 1. The standard InChI is InChI=1S/C24H30N8O/c1-6-17(12-25-7-2)14-31-15-18(13-26-31)21-22-19(28-29-21)8-9-20(27-22)32-11-10-30(5)24(33)23(32)16(3)4/h6-9,12-13,15-16,23H,2,10-11,14H2,1,3-5H3,(H,28,29)/b17-6+,25-12-. The molecule has 1 aliphatic rings. The molecule has 0 aromatic carbocycles. The first kappa shape index (κ1) is 22.4. The molecule has 0 bridgehead atoms. The van der Waals surface area contributed by atoms with Gasteiger partial charge in [0.25, 0.3) is 0 Å². The Morgan fingerprint density at radius 3 is 2.91 bits per heavy atom. The molecule has 3 aromatic rings. The van der Waals surface area contributed by atoms with Crippen molar-refractivity contribution in [2.75, 3.05) is 25.0 Å². The highest BCUT2D eigenvalue weighted by Gasteiger charge is 2.36. The van der Waals surface area contributed by atoms with E-state index in [0.717, 1.165) is 40.2 Å². The Morgan fingerprint density at radius 1 is 1.36 bits per heavy atom. The zero-order chi connectivity index (χ0) is 23.5. The summed E-state index contributed by atoms with van der Waals surface area (Å²) in [5.74, 6) is 1.09. The lowest BCUT2D eigenvalue weighted by atomic mass is 9.98. The van der Waals surface area contributed by atoms with Gasteiger partial charge in [0, 0.05) is 44.3 Å². The molecule has 33 heavy (non-hydrogen) atoms. The summed E-state index contributed by atoms with van der Waals surface area (Å²) >= 11 is 0. The first-order chi connectivity index (χ1) is 15.9. The van der Waals surface area contributed by atoms with Crippen molar-refractivity contribution in [3.05, 3.63) is 49.0 Å². The van der Waals surface area contributed by atoms with E-state index in [0.29, 0.717) is 13.1 Å². The predicted molar refractivity (Wildman–Crippen MR) is 131 cm³/mol. The number of hydrogen-bond acceptors (Lipinski definition) is 6. The second-order valence-corrected chi connectivity index (χ2v) is 8.53. The minimum Gasteiger partial charge on any atom is -0.343 e. The van der Waals surface area contributed by atoms with E-state index in [4.69, 9.17) is 4.98 Å². The van der Waals surface area contributed by atoms with Gasteiger partial charge >= 0.3 is 0 Å². The Hall–Kier alpha value is -3.75. The van der Waals surface area contributed by atoms with Crippen molar-refractivity contribution >= 4 is 29.0 Å². The molecule has 1 fully saturated rings. The van der Waals surface area contributed by atoms with Gasteiger partial charge in [-0.05, 0) is 30.5 Å². The molecular weight excluding hydrogens is 416 g/mol. The second-order valence-electron chi connectivity index (χ2n) is 8.53. The first-order valence-electron chi connectivity index (χ1n) is 11.1. The summed E-state index contributed by atoms with van der Waals surface area (Å²) in [5, 5.41) is 12.1. The van der Waals surface area contributed by atoms with Crippen LogP contribution in [-0.2, 0) is 11.3 Å². The van der Waals surface area contributed by atoms with Crippen LogP contribution < -0.4 is 4.90 Å². The lowest BCUT2D eigenvalue weighted by molar-refractivity contribution is -0.134. The number of aromatic nitrogens is 5. The number of aliphatic imine (C=N–C) groups is 1. The van der Waals surface area contributed by atoms with Gasteiger partial charge in [0.05, 0.1) is 18.3 Å². The average Bonchev–Trinajstić information content (AvgIpc) is 3.44. The minimum absolute atomic E-state index is 0.131. The maximum absolute atomic E-state index is 12.8. The Morgan fingerprint density at radius 2 is 2.18 bits per heavy atom. The van der Waals surface area contributed by atoms with Crippen LogP contribution in [0.1, 0.15) is 20.8 Å². The molecule has 1 aliphatic heterocycles. The molecule has 3 aromatic heterocycles. The maximum atomic E-state index is 12.8. The Labute approximate surface area is 193 Å². The topological polar surface area (TPSA) is 95.3 Å². The van der Waals surface area contributed by atoms with Gasteiger partial charge in [-0.15, -0.1) is 0 Å². The van der Waals surface area contributed by atoms with Crippen molar-refractivity contribution in [3.63, 3.8) is 0 Å². The molecule has 9 nitrogen and oxygen atoms in total. The molecule has 1 N–H and O–H groups in total. The summed E-state index contributed by atoms with van der Waals surface area (Å²) in [6, 6.07) is 3.70. The molecule has 1 saturated heterocycles. The highest BCUT2D eigenvalue weighted by atomic mass is 16.2. The maximum Gasteiger partial charge on any atom is 0.245 e. The quantitative estimate of drug-likeness (QED) is 0.562. The van der Waals surface area contributed by atoms with Crippen molar-refractivity contribution in [3.8, 4) is 11.3 Å². The average molecular weight is 447 g/mol. The fourth-order valence-electron chi connectivity index (χ4n) is 4.13. The van der Waals surface area contributed by atoms with Crippen LogP contribution in [0.15, 0.2) is 53.9 Å². The lowest BCUT2D eigenvalue weighted by Crippen LogP contribution is -2.58. The predicted octanol–water partition coefficient (Wildman–Crippen LogP) is 3.29. The second kappa shape index (κ2) is 9.40. The number of carbonyl (C=O) groups excluding carboxylic acids is 1. The third kappa shape index (κ3) is 4.44. The number of fused-ring (bicyclic) bond motifs is 1. The summed E-state index contributed by atoms with van der Waals surface area (Å²) in [5.41, 5.74) is 4.24. The van der Waals surface area contributed by atoms with Gasteiger partial charge in [-0.3, -0.25) is 19.6 Å². The minimum atomic E-state index is -0.233. The molecule has 1 atom stereocenters. The summed E-state index contributed by atoms with van der Waals surface area (Å²) < 4.78 is 1.85. The van der Waals surface area contributed by atoms with E-state index in [1.165, 1.54) is 6.20 Å². The summed E-state index contributed by atoms with van der Waals surface area (Å²) in [7, 11) is 1.86. The number of amides is 1. The van der Waals surface area contributed by atoms with Crippen molar-refractivity contribution in [1.82, 2.24) is 29.9 Å². The normalized spacial score (nSPS) is 17.7. The number of H-pyrrole nitrogens is 1. The smallest absolute Gasteiger partial charge is 0.245 e. The van der Waals surface area contributed by atoms with Gasteiger partial charge in [-0.1, -0.05) is 26.5 Å². The number of aromatic amines is 1. The summed E-state index contributed by atoms with van der Waals surface area (Å²) in [4.78, 5) is 25.8. The number of rotatable bonds is 7. The van der Waals surface area contributed by atoms with Crippen LogP contribution in [0.5, 0.6) is 0 Å². The molecule has 4 heterocycles. The van der Waals surface area contributed by atoms with E-state index in [-0.39, 0.29) is 17.9 Å². The fraction of sp³-hybridized carbons (Fsp3) is 0.375. The van der Waals surface area contributed by atoms with Crippen molar-refractivity contribution in [2.24, 2.45) is 10.9 Å². The van der Waals surface area contributed by atoms with Crippen LogP contribution in [0.3, 0.4) is 0 Å². The Balaban J connectivity index is 1.66. The third-order valence-electron chi connectivity index (χ3n) is 5.93. The van der Waals surface area contributed by atoms with Crippen molar-refractivity contribution < 1.29 is 4.79 Å². The summed E-state index contributed by atoms with van der Waals surface area (Å²) in [6.07, 6.45) is 9.02. The zero-order valence-electron chi connectivity index (χ0n) is 19.6. The number of nitrogens with zero attached hydrogens (tertiary/aromatic N) is 7. The van der Waals surface area contributed by atoms with Gasteiger partial charge in [0.2, 0.25) is 5.91 Å². The number of allylic oxidation sites excluding steroid dienone is 2. The molecule has 0 radical (unpaired) electrons. The Kier molecular flexibility index (Phi) is 6.39. The van der Waals surface area contributed by atoms with Crippen LogP contribution in [0.4, 0.5) is 5.82 Å². The SMILES string of the molecule is C=C/N=C\C(=C/C)Cn1cc(-c2n[nH]c3ccc(N4CCN(C)C(=O)C4C(C)C)nc23)cn1. The van der Waals surface area contributed by atoms with Gasteiger partial charge < -0.3 is 9.80 Å². The molecule has 0 saturated carbocycles. The van der Waals surface area contributed by atoms with E-state index < -0.39 is 0 Å². The van der Waals surface area contributed by atoms with Crippen molar-refractivity contribution in [1.29, 1.82) is 0 Å². The number of hydrogen-bond donors (Lipinski definition) is 1. The number of nitrogens with one attached hydrogen (secondary N) is 1. The largest absolute Gasteiger partial charge is 0.343 e. The number of pyridine rings is 1. The van der Waals surface area contributed by atoms with Crippen molar-refractivity contribution in [2.45, 2.75) is 33.4 Å². The highest BCUT2D eigenvalue weighted by molar-refractivity contribution is 5.91. The zero-order valence-corrected chi connectivity index (χ0v) is 19.6. The van der Waals surface area contributed by atoms with Crippen LogP contribution in [0.25, 0.3) is 22.3 Å². The molecule has 0 aliphatic carbocycles. The molecule has 1 amide bonds. The lowest BCUT2D eigenvalue weighted by Gasteiger charge is -2.41. The molecular formula is C24H30N8O. The monoisotopic (exact) mass is 446 g/mol. The Bertz CT molecular complexity index is 1220. The van der Waals surface area contributed by atoms with E-state index in [1.54, 1.807) is 17.3 Å². The highest BCUT2D eigenvalue weighted by Crippen LogP contribution is 2.29. The van der Waals surface area contributed by atoms with Gasteiger partial charge in [0.1, 0.15) is 23.1 Å².